The van der Waals surface area contributed by atoms with Crippen LogP contribution in [-0.2, 0) is 9.53 Å². The zero-order valence-electron chi connectivity index (χ0n) is 23.7. The maximum atomic E-state index is 14.0. The van der Waals surface area contributed by atoms with Crippen molar-refractivity contribution in [2.45, 2.75) is 32.9 Å². The van der Waals surface area contributed by atoms with Gasteiger partial charge in [0.1, 0.15) is 29.1 Å². The van der Waals surface area contributed by atoms with E-state index in [1.165, 1.54) is 37.0 Å². The number of furan rings is 1. The summed E-state index contributed by atoms with van der Waals surface area (Å²) in [4.78, 5) is 43.2. The Morgan fingerprint density at radius 1 is 1.14 bits per heavy atom. The molecule has 0 saturated heterocycles. The van der Waals surface area contributed by atoms with Crippen LogP contribution in [0.2, 0.25) is 0 Å². The maximum absolute atomic E-state index is 14.0. The number of rotatable bonds is 8. The third-order valence-corrected chi connectivity index (χ3v) is 8.11. The number of carbonyl (C=O) groups excluding carboxylic acids is 1. The van der Waals surface area contributed by atoms with Crippen LogP contribution in [0.4, 0.5) is 5.69 Å². The van der Waals surface area contributed by atoms with Crippen LogP contribution in [0.5, 0.6) is 11.5 Å². The Bertz CT molecular complexity index is 1970. The van der Waals surface area contributed by atoms with Crippen LogP contribution in [-0.4, -0.2) is 35.8 Å². The van der Waals surface area contributed by atoms with Crippen LogP contribution in [0.25, 0.3) is 17.4 Å². The average molecular weight is 669 g/mol. The second-order valence-corrected chi connectivity index (χ2v) is 11.7. The van der Waals surface area contributed by atoms with Crippen molar-refractivity contribution in [3.8, 4) is 22.8 Å². The standard InChI is InChI=1S/C30H26BrN3O8S/c1-15(2)41-29(36)26-16(3)32-30-33(27(26)21-12-17(31)6-9-23(21)40-5)28(35)25(43-30)14-19-8-11-24(42-19)20-13-18(34(37)38)7-10-22(20)39-4/h6-15,27H,1-5H3/b25-14-/t27-/m0/s1. The molecule has 0 aliphatic carbocycles. The minimum Gasteiger partial charge on any atom is -0.496 e. The smallest absolute Gasteiger partial charge is 0.338 e. The van der Waals surface area contributed by atoms with Crippen molar-refractivity contribution >= 4 is 45.0 Å². The van der Waals surface area contributed by atoms with Gasteiger partial charge in [0, 0.05) is 28.2 Å². The maximum Gasteiger partial charge on any atom is 0.338 e. The number of methoxy groups -OCH3 is 2. The van der Waals surface area contributed by atoms with Crippen molar-refractivity contribution in [1.29, 1.82) is 0 Å². The number of ether oxygens (including phenoxy) is 3. The summed E-state index contributed by atoms with van der Waals surface area (Å²) >= 11 is 4.63. The van der Waals surface area contributed by atoms with E-state index in [-0.39, 0.29) is 17.4 Å². The zero-order valence-corrected chi connectivity index (χ0v) is 26.1. The Kier molecular flexibility index (Phi) is 8.38. The molecule has 2 aromatic heterocycles. The van der Waals surface area contributed by atoms with Crippen LogP contribution < -0.4 is 24.4 Å². The molecule has 11 nitrogen and oxygen atoms in total. The fourth-order valence-electron chi connectivity index (χ4n) is 4.78. The number of fused-ring (bicyclic) bond motifs is 1. The van der Waals surface area contributed by atoms with E-state index in [0.717, 1.165) is 15.8 Å². The number of allylic oxidation sites excluding steroid dienone is 1. The van der Waals surface area contributed by atoms with Crippen LogP contribution in [0.3, 0.4) is 0 Å². The highest BCUT2D eigenvalue weighted by Crippen LogP contribution is 2.38. The molecule has 0 fully saturated rings. The van der Waals surface area contributed by atoms with Crippen LogP contribution in [0.15, 0.2) is 78.5 Å². The number of non-ortho nitro benzene ring substituents is 1. The molecule has 4 aromatic rings. The van der Waals surface area contributed by atoms with Crippen LogP contribution in [0.1, 0.15) is 38.1 Å². The number of nitro groups is 1. The van der Waals surface area contributed by atoms with Gasteiger partial charge >= 0.3 is 5.97 Å². The Hall–Kier alpha value is -4.49. The molecule has 0 amide bonds. The van der Waals surface area contributed by atoms with E-state index in [1.807, 2.05) is 0 Å². The second kappa shape index (κ2) is 12.0. The van der Waals surface area contributed by atoms with Crippen molar-refractivity contribution < 1.29 is 28.3 Å². The molecule has 1 aliphatic rings. The topological polar surface area (TPSA) is 135 Å². The predicted molar refractivity (Wildman–Crippen MR) is 163 cm³/mol. The number of hydrogen-bond donors (Lipinski definition) is 0. The number of hydrogen-bond acceptors (Lipinski definition) is 10. The third kappa shape index (κ3) is 5.77. The SMILES string of the molecule is COc1ccc([N+](=O)[O-])cc1-c1ccc(/C=c2\sc3n(c2=O)[C@@H](c2cc(Br)ccc2OC)C(C(=O)OC(C)C)=C(C)N=3)o1. The highest BCUT2D eigenvalue weighted by molar-refractivity contribution is 9.10. The molecule has 222 valence electrons. The largest absolute Gasteiger partial charge is 0.496 e. The molecule has 0 saturated carbocycles. The lowest BCUT2D eigenvalue weighted by molar-refractivity contribution is -0.384. The van der Waals surface area contributed by atoms with Crippen LogP contribution >= 0.6 is 27.3 Å². The first kappa shape index (κ1) is 30.0. The first-order chi connectivity index (χ1) is 20.5. The number of nitro benzene ring substituents is 1. The Morgan fingerprint density at radius 2 is 1.86 bits per heavy atom. The van der Waals surface area contributed by atoms with Gasteiger partial charge in [0.25, 0.3) is 11.2 Å². The van der Waals surface area contributed by atoms with Gasteiger partial charge in [-0.1, -0.05) is 27.3 Å². The highest BCUT2D eigenvalue weighted by Gasteiger charge is 2.35. The predicted octanol–water partition coefficient (Wildman–Crippen LogP) is 5.13. The van der Waals surface area contributed by atoms with Gasteiger partial charge < -0.3 is 18.6 Å². The van der Waals surface area contributed by atoms with E-state index < -0.39 is 22.5 Å². The molecule has 1 aliphatic heterocycles. The van der Waals surface area contributed by atoms with E-state index in [4.69, 9.17) is 18.6 Å². The number of nitrogens with zero attached hydrogens (tertiary/aromatic N) is 3. The van der Waals surface area contributed by atoms with Crippen molar-refractivity contribution in [2.75, 3.05) is 14.2 Å². The quantitative estimate of drug-likeness (QED) is 0.143. The van der Waals surface area contributed by atoms with E-state index in [0.29, 0.717) is 49.2 Å². The van der Waals surface area contributed by atoms with E-state index in [1.54, 1.807) is 57.2 Å². The van der Waals surface area contributed by atoms with Gasteiger partial charge in [0.2, 0.25) is 0 Å². The van der Waals surface area contributed by atoms with Gasteiger partial charge in [-0.15, -0.1) is 0 Å². The zero-order chi connectivity index (χ0) is 31.0. The summed E-state index contributed by atoms with van der Waals surface area (Å²) in [5, 5.41) is 11.3. The van der Waals surface area contributed by atoms with Gasteiger partial charge in [-0.05, 0) is 57.2 Å². The summed E-state index contributed by atoms with van der Waals surface area (Å²) in [5.41, 5.74) is 1.10. The Balaban J connectivity index is 1.67. The van der Waals surface area contributed by atoms with E-state index in [9.17, 15) is 19.7 Å². The molecule has 5 rings (SSSR count). The molecule has 0 spiro atoms. The summed E-state index contributed by atoms with van der Waals surface area (Å²) in [6.45, 7) is 5.20. The number of carbonyl (C=O) groups is 1. The molecule has 43 heavy (non-hydrogen) atoms. The van der Waals surface area contributed by atoms with E-state index in [2.05, 4.69) is 20.9 Å². The minimum atomic E-state index is -0.876. The number of esters is 1. The van der Waals surface area contributed by atoms with Crippen molar-refractivity contribution in [3.63, 3.8) is 0 Å². The van der Waals surface area contributed by atoms with Crippen molar-refractivity contribution in [2.24, 2.45) is 4.99 Å². The molecular formula is C30H26BrN3O8S. The summed E-state index contributed by atoms with van der Waals surface area (Å²) in [6, 6.07) is 12.0. The van der Waals surface area contributed by atoms with Gasteiger partial charge in [-0.3, -0.25) is 19.5 Å². The molecule has 0 unspecified atom stereocenters. The van der Waals surface area contributed by atoms with Gasteiger partial charge in [-0.2, -0.15) is 0 Å². The second-order valence-electron chi connectivity index (χ2n) is 9.77. The van der Waals surface area contributed by atoms with Gasteiger partial charge in [0.15, 0.2) is 4.80 Å². The molecule has 1 atom stereocenters. The van der Waals surface area contributed by atoms with Crippen molar-refractivity contribution in [3.05, 3.63) is 105 Å². The van der Waals surface area contributed by atoms with Crippen molar-refractivity contribution in [1.82, 2.24) is 4.57 Å². The lowest BCUT2D eigenvalue weighted by atomic mass is 9.95. The fourth-order valence-corrected chi connectivity index (χ4v) is 6.19. The van der Waals surface area contributed by atoms with Gasteiger partial charge in [-0.25, -0.2) is 9.79 Å². The highest BCUT2D eigenvalue weighted by atomic mass is 79.9. The number of halogens is 1. The lowest BCUT2D eigenvalue weighted by Crippen LogP contribution is -2.40. The molecule has 0 N–H and O–H groups in total. The van der Waals surface area contributed by atoms with E-state index >= 15 is 0 Å². The molecular weight excluding hydrogens is 642 g/mol. The first-order valence-electron chi connectivity index (χ1n) is 13.0. The molecule has 0 bridgehead atoms. The number of benzene rings is 2. The first-order valence-corrected chi connectivity index (χ1v) is 14.6. The summed E-state index contributed by atoms with van der Waals surface area (Å²) in [7, 11) is 2.98. The molecule has 0 radical (unpaired) electrons. The summed E-state index contributed by atoms with van der Waals surface area (Å²) in [5.74, 6) is 0.949. The molecule has 13 heteroatoms. The fraction of sp³-hybridized carbons (Fsp3) is 0.233. The lowest BCUT2D eigenvalue weighted by Gasteiger charge is -2.26. The normalized spacial score (nSPS) is 14.9. The Morgan fingerprint density at radius 3 is 2.53 bits per heavy atom. The van der Waals surface area contributed by atoms with Crippen LogP contribution in [0, 0.1) is 10.1 Å². The molecule has 3 heterocycles. The monoisotopic (exact) mass is 667 g/mol. The summed E-state index contributed by atoms with van der Waals surface area (Å²) in [6.07, 6.45) is 1.18. The van der Waals surface area contributed by atoms with Gasteiger partial charge in [0.05, 0.1) is 46.6 Å². The Labute approximate surface area is 257 Å². The minimum absolute atomic E-state index is 0.118. The summed E-state index contributed by atoms with van der Waals surface area (Å²) < 4.78 is 25.0. The average Bonchev–Trinajstić information content (AvgIpc) is 3.55. The number of thiazole rings is 1. The third-order valence-electron chi connectivity index (χ3n) is 6.63. The number of aromatic nitrogens is 1. The molecule has 2 aromatic carbocycles.